The molecule has 0 radical (unpaired) electrons. The molecule has 1 aromatic heterocycles. The Hall–Kier alpha value is -2.55. The van der Waals surface area contributed by atoms with E-state index in [2.05, 4.69) is 53.8 Å². The van der Waals surface area contributed by atoms with Crippen LogP contribution >= 0.6 is 0 Å². The summed E-state index contributed by atoms with van der Waals surface area (Å²) in [5.74, 6) is 1.04. The maximum Gasteiger partial charge on any atom is 0.220 e. The molecule has 2 N–H and O–H groups in total. The average molecular weight is 389 g/mol. The van der Waals surface area contributed by atoms with E-state index < -0.39 is 0 Å². The zero-order chi connectivity index (χ0) is 20.1. The van der Waals surface area contributed by atoms with Gasteiger partial charge in [0.15, 0.2) is 0 Å². The van der Waals surface area contributed by atoms with Gasteiger partial charge in [0.05, 0.1) is 0 Å². The molecule has 0 unspecified atom stereocenters. The van der Waals surface area contributed by atoms with Crippen LogP contribution in [0.5, 0.6) is 0 Å². The SMILES string of the molecule is CCc1cccc2c([C@H](CC(=O)NCc3ccccc3)C3CCCCC3)c[nH]c12. The molecule has 3 heteroatoms. The summed E-state index contributed by atoms with van der Waals surface area (Å²) >= 11 is 0. The number of aryl methyl sites for hydroxylation is 1. The van der Waals surface area contributed by atoms with Crippen molar-refractivity contribution in [2.24, 2.45) is 5.92 Å². The summed E-state index contributed by atoms with van der Waals surface area (Å²) in [7, 11) is 0. The van der Waals surface area contributed by atoms with E-state index in [1.807, 2.05) is 18.2 Å². The quantitative estimate of drug-likeness (QED) is 0.504. The number of para-hydroxylation sites is 1. The highest BCUT2D eigenvalue weighted by Crippen LogP contribution is 2.41. The zero-order valence-corrected chi connectivity index (χ0v) is 17.4. The highest BCUT2D eigenvalue weighted by atomic mass is 16.1. The van der Waals surface area contributed by atoms with E-state index in [1.165, 1.54) is 54.1 Å². The van der Waals surface area contributed by atoms with E-state index in [4.69, 9.17) is 0 Å². The lowest BCUT2D eigenvalue weighted by Gasteiger charge is -2.30. The van der Waals surface area contributed by atoms with Crippen molar-refractivity contribution in [3.05, 3.63) is 71.4 Å². The summed E-state index contributed by atoms with van der Waals surface area (Å²) in [4.78, 5) is 16.4. The Bertz CT molecular complexity index is 938. The lowest BCUT2D eigenvalue weighted by Crippen LogP contribution is -2.27. The molecular weight excluding hydrogens is 356 g/mol. The fourth-order valence-corrected chi connectivity index (χ4v) is 4.98. The highest BCUT2D eigenvalue weighted by molar-refractivity contribution is 5.87. The number of aromatic nitrogens is 1. The Morgan fingerprint density at radius 2 is 1.86 bits per heavy atom. The normalized spacial score (nSPS) is 16.0. The Kier molecular flexibility index (Phi) is 6.33. The van der Waals surface area contributed by atoms with Crippen LogP contribution in [-0.4, -0.2) is 10.9 Å². The molecule has 1 heterocycles. The molecular formula is C26H32N2O. The van der Waals surface area contributed by atoms with E-state index in [-0.39, 0.29) is 11.8 Å². The fraction of sp³-hybridized carbons (Fsp3) is 0.423. The molecule has 29 heavy (non-hydrogen) atoms. The van der Waals surface area contributed by atoms with Crippen molar-refractivity contribution in [3.8, 4) is 0 Å². The lowest BCUT2D eigenvalue weighted by atomic mass is 9.75. The summed E-state index contributed by atoms with van der Waals surface area (Å²) in [5.41, 5.74) is 5.08. The van der Waals surface area contributed by atoms with Crippen molar-refractivity contribution < 1.29 is 4.79 Å². The molecule has 1 atom stereocenters. The Balaban J connectivity index is 1.56. The van der Waals surface area contributed by atoms with Gasteiger partial charge in [-0.2, -0.15) is 0 Å². The second kappa shape index (κ2) is 9.30. The Labute approximate surface area is 173 Å². The predicted octanol–water partition coefficient (Wildman–Crippen LogP) is 6.10. The van der Waals surface area contributed by atoms with Crippen molar-refractivity contribution >= 4 is 16.8 Å². The summed E-state index contributed by atoms with van der Waals surface area (Å²) in [6, 6.07) is 16.7. The van der Waals surface area contributed by atoms with E-state index in [0.29, 0.717) is 18.9 Å². The van der Waals surface area contributed by atoms with Crippen molar-refractivity contribution in [2.75, 3.05) is 0 Å². The number of amides is 1. The van der Waals surface area contributed by atoms with E-state index in [1.54, 1.807) is 0 Å². The number of rotatable bonds is 7. The summed E-state index contributed by atoms with van der Waals surface area (Å²) < 4.78 is 0. The monoisotopic (exact) mass is 388 g/mol. The molecule has 0 aliphatic heterocycles. The number of hydrogen-bond donors (Lipinski definition) is 2. The number of fused-ring (bicyclic) bond motifs is 1. The Morgan fingerprint density at radius 1 is 1.07 bits per heavy atom. The van der Waals surface area contributed by atoms with Crippen molar-refractivity contribution in [1.29, 1.82) is 0 Å². The standard InChI is InChI=1S/C26H32N2O/c1-2-20-14-9-15-22-24(18-28-26(20)22)23(21-12-7-4-8-13-21)16-25(29)27-17-19-10-5-3-6-11-19/h3,5-6,9-11,14-15,18,21,23,28H,2,4,7-8,12-13,16-17H2,1H3,(H,27,29)/t23-/m1/s1. The topological polar surface area (TPSA) is 44.9 Å². The third-order valence-corrected chi connectivity index (χ3v) is 6.57. The molecule has 1 aliphatic rings. The van der Waals surface area contributed by atoms with E-state index in [9.17, 15) is 4.79 Å². The number of carbonyl (C=O) groups is 1. The minimum atomic E-state index is 0.158. The van der Waals surface area contributed by atoms with Crippen LogP contribution in [0.4, 0.5) is 0 Å². The Morgan fingerprint density at radius 3 is 2.62 bits per heavy atom. The third-order valence-electron chi connectivity index (χ3n) is 6.57. The molecule has 2 aromatic carbocycles. The molecule has 3 nitrogen and oxygen atoms in total. The van der Waals surface area contributed by atoms with Crippen LogP contribution in [0.25, 0.3) is 10.9 Å². The second-order valence-electron chi connectivity index (χ2n) is 8.41. The average Bonchev–Trinajstić information content (AvgIpc) is 3.21. The molecule has 4 rings (SSSR count). The van der Waals surface area contributed by atoms with Gasteiger partial charge in [-0.05, 0) is 47.8 Å². The van der Waals surface area contributed by atoms with Crippen LogP contribution in [-0.2, 0) is 17.8 Å². The van der Waals surface area contributed by atoms with Gasteiger partial charge < -0.3 is 10.3 Å². The minimum Gasteiger partial charge on any atom is -0.361 e. The molecule has 0 bridgehead atoms. The van der Waals surface area contributed by atoms with Crippen molar-refractivity contribution in [1.82, 2.24) is 10.3 Å². The van der Waals surface area contributed by atoms with Gasteiger partial charge in [0.1, 0.15) is 0 Å². The summed E-state index contributed by atoms with van der Waals surface area (Å²) in [6.45, 7) is 2.80. The number of nitrogens with one attached hydrogen (secondary N) is 2. The van der Waals surface area contributed by atoms with E-state index in [0.717, 1.165) is 12.0 Å². The first-order chi connectivity index (χ1) is 14.3. The molecule has 1 fully saturated rings. The van der Waals surface area contributed by atoms with Crippen molar-refractivity contribution in [3.63, 3.8) is 0 Å². The third kappa shape index (κ3) is 4.55. The van der Waals surface area contributed by atoms with Gasteiger partial charge in [-0.15, -0.1) is 0 Å². The molecule has 3 aromatic rings. The van der Waals surface area contributed by atoms with Gasteiger partial charge >= 0.3 is 0 Å². The van der Waals surface area contributed by atoms with Crippen LogP contribution in [0.1, 0.15) is 68.1 Å². The molecule has 1 aliphatic carbocycles. The van der Waals surface area contributed by atoms with Crippen LogP contribution in [0, 0.1) is 5.92 Å². The van der Waals surface area contributed by atoms with Crippen molar-refractivity contribution in [2.45, 2.75) is 64.3 Å². The minimum absolute atomic E-state index is 0.158. The number of benzene rings is 2. The highest BCUT2D eigenvalue weighted by Gasteiger charge is 2.29. The maximum atomic E-state index is 12.9. The molecule has 152 valence electrons. The van der Waals surface area contributed by atoms with Crippen LogP contribution in [0.3, 0.4) is 0 Å². The molecule has 0 spiro atoms. The van der Waals surface area contributed by atoms with Gasteiger partial charge in [0, 0.05) is 30.1 Å². The fourth-order valence-electron chi connectivity index (χ4n) is 4.98. The van der Waals surface area contributed by atoms with Gasteiger partial charge in [0.2, 0.25) is 5.91 Å². The number of carbonyl (C=O) groups excluding carboxylic acids is 1. The number of hydrogen-bond acceptors (Lipinski definition) is 1. The first-order valence-corrected chi connectivity index (χ1v) is 11.2. The largest absolute Gasteiger partial charge is 0.361 e. The van der Waals surface area contributed by atoms with Crippen LogP contribution < -0.4 is 5.32 Å². The summed E-state index contributed by atoms with van der Waals surface area (Å²) in [5, 5.41) is 4.45. The molecule has 1 amide bonds. The van der Waals surface area contributed by atoms with Crippen LogP contribution in [0.15, 0.2) is 54.7 Å². The molecule has 0 saturated heterocycles. The van der Waals surface area contributed by atoms with Gasteiger partial charge in [-0.25, -0.2) is 0 Å². The summed E-state index contributed by atoms with van der Waals surface area (Å²) in [6.07, 6.45) is 10.1. The zero-order valence-electron chi connectivity index (χ0n) is 17.4. The first-order valence-electron chi connectivity index (χ1n) is 11.2. The number of aromatic amines is 1. The predicted molar refractivity (Wildman–Crippen MR) is 120 cm³/mol. The maximum absolute atomic E-state index is 12.9. The molecule has 1 saturated carbocycles. The van der Waals surface area contributed by atoms with Gasteiger partial charge in [-0.1, -0.05) is 74.7 Å². The van der Waals surface area contributed by atoms with Gasteiger partial charge in [-0.3, -0.25) is 4.79 Å². The second-order valence-corrected chi connectivity index (χ2v) is 8.41. The van der Waals surface area contributed by atoms with Gasteiger partial charge in [0.25, 0.3) is 0 Å². The smallest absolute Gasteiger partial charge is 0.220 e. The first kappa shape index (κ1) is 19.8. The van der Waals surface area contributed by atoms with E-state index >= 15 is 0 Å². The van der Waals surface area contributed by atoms with Crippen LogP contribution in [0.2, 0.25) is 0 Å². The number of H-pyrrole nitrogens is 1. The lowest BCUT2D eigenvalue weighted by molar-refractivity contribution is -0.122.